The molecule has 5 nitrogen and oxygen atoms in total. The van der Waals surface area contributed by atoms with E-state index in [0.29, 0.717) is 12.0 Å². The molecule has 1 aliphatic carbocycles. The summed E-state index contributed by atoms with van der Waals surface area (Å²) in [7, 11) is 0. The van der Waals surface area contributed by atoms with Crippen LogP contribution >= 0.6 is 0 Å². The maximum absolute atomic E-state index is 5.76. The highest BCUT2D eigenvalue weighted by Gasteiger charge is 2.27. The van der Waals surface area contributed by atoms with Crippen LogP contribution in [0.2, 0.25) is 0 Å². The topological polar surface area (TPSA) is 59.1 Å². The molecule has 1 saturated carbocycles. The number of hydrogen-bond acceptors (Lipinski definition) is 5. The molecule has 1 atom stereocenters. The Balaban J connectivity index is 1.63. The zero-order chi connectivity index (χ0) is 14.5. The quantitative estimate of drug-likeness (QED) is 0.808. The summed E-state index contributed by atoms with van der Waals surface area (Å²) in [4.78, 5) is 9.30. The first kappa shape index (κ1) is 14.6. The third kappa shape index (κ3) is 4.30. The van der Waals surface area contributed by atoms with Gasteiger partial charge in [0.25, 0.3) is 0 Å². The van der Waals surface area contributed by atoms with Crippen LogP contribution in [-0.2, 0) is 4.74 Å². The molecule has 0 aromatic carbocycles. The van der Waals surface area contributed by atoms with Gasteiger partial charge in [-0.1, -0.05) is 6.92 Å². The molecule has 5 heteroatoms. The van der Waals surface area contributed by atoms with E-state index >= 15 is 0 Å². The lowest BCUT2D eigenvalue weighted by Crippen LogP contribution is -2.27. The molecule has 3 rings (SSSR count). The van der Waals surface area contributed by atoms with Crippen LogP contribution in [0.15, 0.2) is 6.07 Å². The van der Waals surface area contributed by atoms with Crippen molar-refractivity contribution in [3.05, 3.63) is 11.9 Å². The molecule has 1 aromatic heterocycles. The average Bonchev–Trinajstić information content (AvgIpc) is 3.37. The van der Waals surface area contributed by atoms with Gasteiger partial charge < -0.3 is 15.4 Å². The normalized spacial score (nSPS) is 22.0. The summed E-state index contributed by atoms with van der Waals surface area (Å²) < 4.78 is 5.76. The van der Waals surface area contributed by atoms with E-state index in [2.05, 4.69) is 27.5 Å². The third-order valence-corrected chi connectivity index (χ3v) is 4.03. The lowest BCUT2D eigenvalue weighted by molar-refractivity contribution is 0.0247. The van der Waals surface area contributed by atoms with Gasteiger partial charge in [0.05, 0.1) is 6.10 Å². The minimum Gasteiger partial charge on any atom is -0.376 e. The molecule has 1 unspecified atom stereocenters. The van der Waals surface area contributed by atoms with Crippen molar-refractivity contribution >= 4 is 11.6 Å². The van der Waals surface area contributed by atoms with Crippen LogP contribution in [0.5, 0.6) is 0 Å². The first-order chi connectivity index (χ1) is 10.3. The van der Waals surface area contributed by atoms with E-state index < -0.39 is 0 Å². The average molecular weight is 290 g/mol. The van der Waals surface area contributed by atoms with E-state index in [4.69, 9.17) is 4.74 Å². The molecular formula is C16H26N4O. The molecule has 21 heavy (non-hydrogen) atoms. The number of nitrogens with zero attached hydrogens (tertiary/aromatic N) is 2. The lowest BCUT2D eigenvalue weighted by Gasteiger charge is -2.23. The standard InChI is InChI=1S/C16H26N4O/c1-2-8-17-14-10-15(20-16(19-14)12-6-7-12)18-11-13-5-3-4-9-21-13/h10,12-13H,2-9,11H2,1H3,(H2,17,18,19,20). The first-order valence-corrected chi connectivity index (χ1v) is 8.33. The molecule has 116 valence electrons. The van der Waals surface area contributed by atoms with Crippen molar-refractivity contribution in [2.75, 3.05) is 30.3 Å². The summed E-state index contributed by atoms with van der Waals surface area (Å²) in [6, 6.07) is 2.02. The fourth-order valence-electron chi connectivity index (χ4n) is 2.61. The van der Waals surface area contributed by atoms with Crippen molar-refractivity contribution in [3.8, 4) is 0 Å². The zero-order valence-electron chi connectivity index (χ0n) is 12.9. The van der Waals surface area contributed by atoms with Gasteiger partial charge in [-0.25, -0.2) is 9.97 Å². The predicted octanol–water partition coefficient (Wildman–Crippen LogP) is 3.16. The summed E-state index contributed by atoms with van der Waals surface area (Å²) in [6.45, 7) is 4.85. The van der Waals surface area contributed by atoms with Gasteiger partial charge in [-0.15, -0.1) is 0 Å². The maximum Gasteiger partial charge on any atom is 0.136 e. The van der Waals surface area contributed by atoms with Crippen LogP contribution in [0, 0.1) is 0 Å². The monoisotopic (exact) mass is 290 g/mol. The molecule has 2 heterocycles. The SMILES string of the molecule is CCCNc1cc(NCC2CCCCO2)nc(C2CC2)n1. The highest BCUT2D eigenvalue weighted by atomic mass is 16.5. The Hall–Kier alpha value is -1.36. The van der Waals surface area contributed by atoms with Crippen LogP contribution in [-0.4, -0.2) is 35.8 Å². The number of ether oxygens (including phenoxy) is 1. The lowest BCUT2D eigenvalue weighted by atomic mass is 10.1. The Labute approximate surface area is 126 Å². The van der Waals surface area contributed by atoms with Crippen molar-refractivity contribution in [1.29, 1.82) is 0 Å². The van der Waals surface area contributed by atoms with Crippen molar-refractivity contribution in [2.45, 2.75) is 57.5 Å². The van der Waals surface area contributed by atoms with Gasteiger partial charge in [0.2, 0.25) is 0 Å². The number of rotatable bonds is 7. The predicted molar refractivity (Wildman–Crippen MR) is 84.9 cm³/mol. The minimum atomic E-state index is 0.324. The fraction of sp³-hybridized carbons (Fsp3) is 0.750. The Morgan fingerprint density at radius 1 is 1.14 bits per heavy atom. The maximum atomic E-state index is 5.76. The van der Waals surface area contributed by atoms with Crippen molar-refractivity contribution < 1.29 is 4.74 Å². The zero-order valence-corrected chi connectivity index (χ0v) is 12.9. The Bertz CT molecular complexity index is 456. The fourth-order valence-corrected chi connectivity index (χ4v) is 2.61. The van der Waals surface area contributed by atoms with E-state index in [-0.39, 0.29) is 0 Å². The third-order valence-electron chi connectivity index (χ3n) is 4.03. The summed E-state index contributed by atoms with van der Waals surface area (Å²) in [6.07, 6.45) is 7.49. The van der Waals surface area contributed by atoms with Crippen LogP contribution in [0.1, 0.15) is 57.2 Å². The van der Waals surface area contributed by atoms with Gasteiger partial charge >= 0.3 is 0 Å². The van der Waals surface area contributed by atoms with Crippen molar-refractivity contribution in [3.63, 3.8) is 0 Å². The minimum absolute atomic E-state index is 0.324. The molecule has 2 aliphatic rings. The van der Waals surface area contributed by atoms with Crippen molar-refractivity contribution in [1.82, 2.24) is 9.97 Å². The van der Waals surface area contributed by atoms with Gasteiger partial charge in [0.15, 0.2) is 0 Å². The highest BCUT2D eigenvalue weighted by Crippen LogP contribution is 2.38. The van der Waals surface area contributed by atoms with E-state index in [1.165, 1.54) is 25.7 Å². The van der Waals surface area contributed by atoms with E-state index in [9.17, 15) is 0 Å². The summed E-state index contributed by atoms with van der Waals surface area (Å²) >= 11 is 0. The second kappa shape index (κ2) is 7.07. The smallest absolute Gasteiger partial charge is 0.136 e. The van der Waals surface area contributed by atoms with Gasteiger partial charge in [-0.2, -0.15) is 0 Å². The number of aromatic nitrogens is 2. The second-order valence-corrected chi connectivity index (χ2v) is 6.07. The molecular weight excluding hydrogens is 264 g/mol. The number of nitrogens with one attached hydrogen (secondary N) is 2. The molecule has 1 aliphatic heterocycles. The van der Waals surface area contributed by atoms with Crippen LogP contribution in [0.3, 0.4) is 0 Å². The van der Waals surface area contributed by atoms with Crippen LogP contribution in [0.25, 0.3) is 0 Å². The van der Waals surface area contributed by atoms with Crippen LogP contribution < -0.4 is 10.6 Å². The van der Waals surface area contributed by atoms with Crippen LogP contribution in [0.4, 0.5) is 11.6 Å². The number of hydrogen-bond donors (Lipinski definition) is 2. The highest BCUT2D eigenvalue weighted by molar-refractivity contribution is 5.48. The second-order valence-electron chi connectivity index (χ2n) is 6.07. The molecule has 1 saturated heterocycles. The van der Waals surface area contributed by atoms with Gasteiger partial charge in [0, 0.05) is 31.7 Å². The van der Waals surface area contributed by atoms with E-state index in [1.54, 1.807) is 0 Å². The largest absolute Gasteiger partial charge is 0.376 e. The molecule has 1 aromatic rings. The van der Waals surface area contributed by atoms with E-state index in [0.717, 1.165) is 50.0 Å². The molecule has 0 bridgehead atoms. The van der Waals surface area contributed by atoms with E-state index in [1.807, 2.05) is 6.07 Å². The van der Waals surface area contributed by atoms with Crippen molar-refractivity contribution in [2.24, 2.45) is 0 Å². The van der Waals surface area contributed by atoms with Gasteiger partial charge in [-0.05, 0) is 38.5 Å². The summed E-state index contributed by atoms with van der Waals surface area (Å²) in [5.74, 6) is 3.43. The summed E-state index contributed by atoms with van der Waals surface area (Å²) in [5.41, 5.74) is 0. The molecule has 2 fully saturated rings. The molecule has 2 N–H and O–H groups in total. The van der Waals surface area contributed by atoms with Gasteiger partial charge in [-0.3, -0.25) is 0 Å². The molecule has 0 amide bonds. The Morgan fingerprint density at radius 3 is 2.62 bits per heavy atom. The first-order valence-electron chi connectivity index (χ1n) is 8.33. The Morgan fingerprint density at radius 2 is 1.95 bits per heavy atom. The molecule has 0 spiro atoms. The molecule has 0 radical (unpaired) electrons. The van der Waals surface area contributed by atoms with Gasteiger partial charge in [0.1, 0.15) is 17.5 Å². The summed E-state index contributed by atoms with van der Waals surface area (Å²) in [5, 5.41) is 6.81. The Kier molecular flexibility index (Phi) is 4.91. The number of anilines is 2.